The molecule has 32 heavy (non-hydrogen) atoms. The smallest absolute Gasteiger partial charge is 0.148 e. The van der Waals surface area contributed by atoms with Gasteiger partial charge in [-0.1, -0.05) is 11.9 Å². The van der Waals surface area contributed by atoms with E-state index < -0.39 is 0 Å². The molecule has 1 saturated heterocycles. The predicted octanol–water partition coefficient (Wildman–Crippen LogP) is 4.53. The fourth-order valence-electron chi connectivity index (χ4n) is 3.97. The molecule has 0 radical (unpaired) electrons. The number of hydrogen-bond donors (Lipinski definition) is 2. The topological polar surface area (TPSA) is 70.9 Å². The zero-order chi connectivity index (χ0) is 21.9. The molecule has 4 aromatic rings. The van der Waals surface area contributed by atoms with Crippen LogP contribution in [-0.4, -0.2) is 45.1 Å². The third-order valence-electron chi connectivity index (χ3n) is 5.61. The average Bonchev–Trinajstić information content (AvgIpc) is 3.36. The molecule has 1 aliphatic rings. The summed E-state index contributed by atoms with van der Waals surface area (Å²) in [6, 6.07) is 13.1. The highest BCUT2D eigenvalue weighted by molar-refractivity contribution is 8.00. The van der Waals surface area contributed by atoms with E-state index >= 15 is 0 Å². The van der Waals surface area contributed by atoms with Gasteiger partial charge in [-0.3, -0.25) is 4.31 Å². The molecule has 5 rings (SSSR count). The minimum atomic E-state index is -0.374. The van der Waals surface area contributed by atoms with Crippen LogP contribution in [0.1, 0.15) is 12.8 Å². The van der Waals surface area contributed by atoms with Crippen molar-refractivity contribution in [1.29, 1.82) is 0 Å². The number of fused-ring (bicyclic) bond motifs is 1. The normalized spacial score (nSPS) is 14.6. The van der Waals surface area contributed by atoms with Crippen molar-refractivity contribution in [3.05, 3.63) is 66.9 Å². The third-order valence-corrected chi connectivity index (χ3v) is 6.48. The van der Waals surface area contributed by atoms with Gasteiger partial charge in [0.1, 0.15) is 17.5 Å². The summed E-state index contributed by atoms with van der Waals surface area (Å²) in [5, 5.41) is 11.6. The van der Waals surface area contributed by atoms with Gasteiger partial charge in [-0.15, -0.1) is 0 Å². The van der Waals surface area contributed by atoms with Gasteiger partial charge in [0, 0.05) is 48.4 Å². The molecule has 0 atom stereocenters. The van der Waals surface area contributed by atoms with Gasteiger partial charge >= 0.3 is 0 Å². The van der Waals surface area contributed by atoms with Crippen LogP contribution in [0.5, 0.6) is 0 Å². The molecule has 0 amide bonds. The average molecular weight is 450 g/mol. The number of anilines is 3. The van der Waals surface area contributed by atoms with Crippen molar-refractivity contribution in [2.75, 3.05) is 29.0 Å². The Hall–Kier alpha value is -3.17. The zero-order valence-corrected chi connectivity index (χ0v) is 18.5. The summed E-state index contributed by atoms with van der Waals surface area (Å²) in [5.74, 6) is 1.11. The van der Waals surface area contributed by atoms with E-state index in [9.17, 15) is 4.39 Å². The van der Waals surface area contributed by atoms with E-state index in [2.05, 4.69) is 31.3 Å². The molecule has 3 aromatic heterocycles. The largest absolute Gasteiger partial charge is 0.338 e. The second-order valence-corrected chi connectivity index (χ2v) is 8.42. The quantitative estimate of drug-likeness (QED) is 0.419. The van der Waals surface area contributed by atoms with Gasteiger partial charge < -0.3 is 10.6 Å². The van der Waals surface area contributed by atoms with Crippen LogP contribution in [0.15, 0.2) is 61.1 Å². The number of pyridine rings is 2. The summed E-state index contributed by atoms with van der Waals surface area (Å²) in [7, 11) is 0. The second kappa shape index (κ2) is 9.13. The van der Waals surface area contributed by atoms with E-state index in [0.717, 1.165) is 42.7 Å². The van der Waals surface area contributed by atoms with E-state index in [0.29, 0.717) is 23.2 Å². The van der Waals surface area contributed by atoms with E-state index in [1.807, 2.05) is 24.3 Å². The Labute approximate surface area is 190 Å². The summed E-state index contributed by atoms with van der Waals surface area (Å²) in [6.07, 6.45) is 9.47. The first kappa shape index (κ1) is 20.7. The molecular weight excluding hydrogens is 425 g/mol. The highest BCUT2D eigenvalue weighted by atomic mass is 32.2. The molecule has 0 unspecified atom stereocenters. The van der Waals surface area contributed by atoms with Crippen molar-refractivity contribution in [2.45, 2.75) is 18.9 Å². The lowest BCUT2D eigenvalue weighted by Crippen LogP contribution is -2.40. The third kappa shape index (κ3) is 4.26. The monoisotopic (exact) mass is 449 g/mol. The van der Waals surface area contributed by atoms with E-state index in [1.54, 1.807) is 47.4 Å². The van der Waals surface area contributed by atoms with Crippen LogP contribution in [0.3, 0.4) is 0 Å². The van der Waals surface area contributed by atoms with Gasteiger partial charge in [-0.05, 0) is 56.3 Å². The van der Waals surface area contributed by atoms with Crippen LogP contribution in [-0.2, 0) is 0 Å². The molecule has 1 aliphatic heterocycles. The SMILES string of the molecule is CSN(c1ccc2cnc(Nc3ccc(-n4cccn4)cc3F)cc2n1)C1CCNCC1. The first-order chi connectivity index (χ1) is 15.7. The van der Waals surface area contributed by atoms with Crippen LogP contribution >= 0.6 is 11.9 Å². The lowest BCUT2D eigenvalue weighted by molar-refractivity contribution is 0.462. The van der Waals surface area contributed by atoms with Crippen molar-refractivity contribution >= 4 is 40.2 Å². The molecule has 7 nitrogen and oxygen atoms in total. The van der Waals surface area contributed by atoms with Gasteiger partial charge in [-0.2, -0.15) is 5.10 Å². The maximum absolute atomic E-state index is 14.7. The molecule has 0 bridgehead atoms. The minimum Gasteiger partial charge on any atom is -0.338 e. The summed E-state index contributed by atoms with van der Waals surface area (Å²) in [6.45, 7) is 2.05. The molecule has 1 aromatic carbocycles. The molecule has 0 saturated carbocycles. The summed E-state index contributed by atoms with van der Waals surface area (Å²) < 4.78 is 18.6. The molecule has 4 heterocycles. The van der Waals surface area contributed by atoms with Crippen LogP contribution < -0.4 is 14.9 Å². The van der Waals surface area contributed by atoms with Crippen molar-refractivity contribution < 1.29 is 4.39 Å². The molecule has 0 spiro atoms. The number of benzene rings is 1. The maximum atomic E-state index is 14.7. The van der Waals surface area contributed by atoms with E-state index in [-0.39, 0.29) is 5.82 Å². The Bertz CT molecular complexity index is 1210. The highest BCUT2D eigenvalue weighted by Crippen LogP contribution is 2.29. The summed E-state index contributed by atoms with van der Waals surface area (Å²) in [4.78, 5) is 9.33. The molecule has 2 N–H and O–H groups in total. The molecular formula is C23H24FN7S. The minimum absolute atomic E-state index is 0.351. The Morgan fingerprint density at radius 1 is 1.19 bits per heavy atom. The van der Waals surface area contributed by atoms with Crippen LogP contribution in [0, 0.1) is 5.82 Å². The number of nitrogens with one attached hydrogen (secondary N) is 2. The molecule has 164 valence electrons. The van der Waals surface area contributed by atoms with Crippen molar-refractivity contribution in [3.63, 3.8) is 0 Å². The first-order valence-corrected chi connectivity index (χ1v) is 11.8. The Morgan fingerprint density at radius 3 is 2.81 bits per heavy atom. The van der Waals surface area contributed by atoms with Gasteiger partial charge in [0.15, 0.2) is 0 Å². The number of aromatic nitrogens is 4. The van der Waals surface area contributed by atoms with Crippen LogP contribution in [0.4, 0.5) is 21.7 Å². The van der Waals surface area contributed by atoms with Crippen molar-refractivity contribution in [2.24, 2.45) is 0 Å². The Balaban J connectivity index is 1.40. The lowest BCUT2D eigenvalue weighted by Gasteiger charge is -2.33. The summed E-state index contributed by atoms with van der Waals surface area (Å²) >= 11 is 1.70. The molecule has 1 fully saturated rings. The maximum Gasteiger partial charge on any atom is 0.148 e. The zero-order valence-electron chi connectivity index (χ0n) is 17.7. The standard InChI is InChI=1S/C23H24FN7S/c1-32-31(17-7-10-25-11-8-17)23-6-3-16-15-26-22(14-21(16)29-23)28-20-5-4-18(13-19(20)24)30-12-2-9-27-30/h2-6,9,12-15,17,25H,7-8,10-11H2,1H3,(H,26,28). The van der Waals surface area contributed by atoms with Crippen molar-refractivity contribution in [3.8, 4) is 5.69 Å². The molecule has 9 heteroatoms. The van der Waals surface area contributed by atoms with Gasteiger partial charge in [0.05, 0.1) is 16.9 Å². The van der Waals surface area contributed by atoms with Gasteiger partial charge in [0.25, 0.3) is 0 Å². The number of hydrogen-bond acceptors (Lipinski definition) is 7. The van der Waals surface area contributed by atoms with E-state index in [1.165, 1.54) is 6.07 Å². The van der Waals surface area contributed by atoms with Gasteiger partial charge in [0.2, 0.25) is 0 Å². The second-order valence-electron chi connectivity index (χ2n) is 7.66. The number of nitrogens with zero attached hydrogens (tertiary/aromatic N) is 5. The number of halogens is 1. The van der Waals surface area contributed by atoms with Crippen LogP contribution in [0.2, 0.25) is 0 Å². The first-order valence-electron chi connectivity index (χ1n) is 10.6. The van der Waals surface area contributed by atoms with Crippen molar-refractivity contribution in [1.82, 2.24) is 25.1 Å². The molecule has 0 aliphatic carbocycles. The van der Waals surface area contributed by atoms with Crippen LogP contribution in [0.25, 0.3) is 16.6 Å². The highest BCUT2D eigenvalue weighted by Gasteiger charge is 2.22. The number of piperidine rings is 1. The lowest BCUT2D eigenvalue weighted by atomic mass is 10.1. The number of rotatable bonds is 6. The predicted molar refractivity (Wildman–Crippen MR) is 128 cm³/mol. The Morgan fingerprint density at radius 2 is 2.06 bits per heavy atom. The Kier molecular flexibility index (Phi) is 5.91. The summed E-state index contributed by atoms with van der Waals surface area (Å²) in [5.41, 5.74) is 1.83. The van der Waals surface area contributed by atoms with E-state index in [4.69, 9.17) is 4.98 Å². The van der Waals surface area contributed by atoms with Gasteiger partial charge in [-0.25, -0.2) is 19.0 Å². The fraction of sp³-hybridized carbons (Fsp3) is 0.261. The fourth-order valence-corrected chi connectivity index (χ4v) is 4.77.